The number of carbonyl (C=O) groups is 1. The molecule has 0 spiro atoms. The van der Waals surface area contributed by atoms with Crippen molar-refractivity contribution < 1.29 is 4.79 Å². The highest BCUT2D eigenvalue weighted by Gasteiger charge is 2.39. The molecule has 2 heteroatoms. The van der Waals surface area contributed by atoms with E-state index in [2.05, 4.69) is 43.4 Å². The predicted octanol–water partition coefficient (Wildman–Crippen LogP) is 5.16. The van der Waals surface area contributed by atoms with E-state index in [9.17, 15) is 4.79 Å². The number of alkyl halides is 1. The van der Waals surface area contributed by atoms with Crippen molar-refractivity contribution in [3.8, 4) is 0 Å². The van der Waals surface area contributed by atoms with Crippen LogP contribution in [-0.2, 0) is 4.79 Å². The largest absolute Gasteiger partial charge is 0.300 e. The van der Waals surface area contributed by atoms with Gasteiger partial charge in [0.2, 0.25) is 0 Å². The summed E-state index contributed by atoms with van der Waals surface area (Å²) in [7, 11) is 0. The molecule has 100 valence electrons. The second-order valence-electron chi connectivity index (χ2n) is 6.76. The average Bonchev–Trinajstić information content (AvgIpc) is 2.14. The summed E-state index contributed by atoms with van der Waals surface area (Å²) in [5, 5.41) is 0. The third-order valence-corrected chi connectivity index (χ3v) is 4.45. The van der Waals surface area contributed by atoms with Gasteiger partial charge in [0.05, 0.1) is 0 Å². The topological polar surface area (TPSA) is 17.1 Å². The van der Waals surface area contributed by atoms with Crippen LogP contribution in [0.15, 0.2) is 0 Å². The molecule has 0 radical (unpaired) electrons. The molecule has 1 unspecified atom stereocenters. The third kappa shape index (κ3) is 5.27. The highest BCUT2D eigenvalue weighted by molar-refractivity contribution is 14.1. The fourth-order valence-electron chi connectivity index (χ4n) is 3.68. The van der Waals surface area contributed by atoms with Crippen LogP contribution in [0.1, 0.15) is 72.6 Å². The second-order valence-corrected chi connectivity index (χ2v) is 9.68. The van der Waals surface area contributed by atoms with Crippen LogP contribution in [-0.4, -0.2) is 9.20 Å². The predicted molar refractivity (Wildman–Crippen MR) is 82.7 cm³/mol. The Morgan fingerprint density at radius 3 is 2.12 bits per heavy atom. The SMILES string of the molecule is CC(=O)CC(C)(CC(C)(C)I)C1CCCCC1. The maximum absolute atomic E-state index is 11.6. The summed E-state index contributed by atoms with van der Waals surface area (Å²) in [6.45, 7) is 8.68. The van der Waals surface area contributed by atoms with Crippen molar-refractivity contribution in [1.82, 2.24) is 0 Å². The van der Waals surface area contributed by atoms with Gasteiger partial charge in [-0.1, -0.05) is 62.6 Å². The Morgan fingerprint density at radius 2 is 1.71 bits per heavy atom. The smallest absolute Gasteiger partial charge is 0.130 e. The lowest BCUT2D eigenvalue weighted by molar-refractivity contribution is -0.120. The Kier molecular flexibility index (Phi) is 5.48. The van der Waals surface area contributed by atoms with Crippen LogP contribution < -0.4 is 0 Å². The van der Waals surface area contributed by atoms with Gasteiger partial charge in [0.15, 0.2) is 0 Å². The van der Waals surface area contributed by atoms with Crippen molar-refractivity contribution in [2.75, 3.05) is 0 Å². The molecule has 1 atom stereocenters. The summed E-state index contributed by atoms with van der Waals surface area (Å²) in [6, 6.07) is 0. The van der Waals surface area contributed by atoms with Gasteiger partial charge in [0.25, 0.3) is 0 Å². The molecule has 1 aliphatic rings. The minimum absolute atomic E-state index is 0.219. The summed E-state index contributed by atoms with van der Waals surface area (Å²) in [4.78, 5) is 11.6. The van der Waals surface area contributed by atoms with Crippen molar-refractivity contribution in [2.24, 2.45) is 11.3 Å². The number of rotatable bonds is 5. The van der Waals surface area contributed by atoms with Crippen LogP contribution in [0.25, 0.3) is 0 Å². The van der Waals surface area contributed by atoms with E-state index in [1.165, 1.54) is 32.1 Å². The average molecular weight is 350 g/mol. The number of carbonyl (C=O) groups excluding carboxylic acids is 1. The van der Waals surface area contributed by atoms with Gasteiger partial charge in [-0.05, 0) is 37.5 Å². The Labute approximate surface area is 120 Å². The molecule has 0 amide bonds. The molecule has 1 saturated carbocycles. The third-order valence-electron chi connectivity index (χ3n) is 4.07. The van der Waals surface area contributed by atoms with Gasteiger partial charge < -0.3 is 4.79 Å². The Bertz CT molecular complexity index is 261. The van der Waals surface area contributed by atoms with E-state index in [0.717, 1.165) is 18.8 Å². The zero-order valence-corrected chi connectivity index (χ0v) is 14.0. The molecule has 0 saturated heterocycles. The molecule has 0 heterocycles. The molecule has 0 aromatic carbocycles. The number of Topliss-reactive ketones (excluding diaryl/α,β-unsaturated/α-hetero) is 1. The quantitative estimate of drug-likeness (QED) is 0.495. The van der Waals surface area contributed by atoms with E-state index < -0.39 is 0 Å². The molecule has 0 aliphatic heterocycles. The van der Waals surface area contributed by atoms with Crippen LogP contribution in [0.5, 0.6) is 0 Å². The standard InChI is InChI=1S/C15H27IO/c1-12(17)10-15(4,11-14(2,3)16)13-8-6-5-7-9-13/h13H,5-11H2,1-4H3. The molecule has 1 fully saturated rings. The van der Waals surface area contributed by atoms with Crippen molar-refractivity contribution in [3.05, 3.63) is 0 Å². The summed E-state index contributed by atoms with van der Waals surface area (Å²) >= 11 is 2.53. The van der Waals surface area contributed by atoms with E-state index in [0.29, 0.717) is 9.20 Å². The molecule has 17 heavy (non-hydrogen) atoms. The number of ketones is 1. The maximum atomic E-state index is 11.6. The van der Waals surface area contributed by atoms with Crippen molar-refractivity contribution in [1.29, 1.82) is 0 Å². The first-order valence-electron chi connectivity index (χ1n) is 6.91. The molecule has 0 aromatic heterocycles. The molecule has 0 N–H and O–H groups in total. The molecule has 1 aliphatic carbocycles. The van der Waals surface area contributed by atoms with Crippen molar-refractivity contribution >= 4 is 28.4 Å². The van der Waals surface area contributed by atoms with Gasteiger partial charge in [0.1, 0.15) is 5.78 Å². The van der Waals surface area contributed by atoms with Crippen LogP contribution in [0.4, 0.5) is 0 Å². The van der Waals surface area contributed by atoms with Gasteiger partial charge in [-0.2, -0.15) is 0 Å². The summed E-state index contributed by atoms with van der Waals surface area (Å²) in [5.74, 6) is 1.12. The summed E-state index contributed by atoms with van der Waals surface area (Å²) < 4.78 is 0.291. The maximum Gasteiger partial charge on any atom is 0.130 e. The summed E-state index contributed by atoms with van der Waals surface area (Å²) in [6.07, 6.45) is 8.70. The van der Waals surface area contributed by atoms with E-state index in [1.807, 2.05) is 0 Å². The fourth-order valence-corrected chi connectivity index (χ4v) is 4.55. The Hall–Kier alpha value is 0.400. The van der Waals surface area contributed by atoms with Crippen molar-refractivity contribution in [3.63, 3.8) is 0 Å². The normalized spacial score (nSPS) is 22.2. The fraction of sp³-hybridized carbons (Fsp3) is 0.933. The van der Waals surface area contributed by atoms with Crippen LogP contribution in [0, 0.1) is 11.3 Å². The second kappa shape index (κ2) is 6.03. The monoisotopic (exact) mass is 350 g/mol. The minimum atomic E-state index is 0.219. The number of hydrogen-bond donors (Lipinski definition) is 0. The van der Waals surface area contributed by atoms with Gasteiger partial charge >= 0.3 is 0 Å². The lowest BCUT2D eigenvalue weighted by atomic mass is 9.64. The van der Waals surface area contributed by atoms with E-state index in [4.69, 9.17) is 0 Å². The molecule has 0 aromatic rings. The molecular formula is C15H27IO. The number of halogens is 1. The highest BCUT2D eigenvalue weighted by atomic mass is 127. The van der Waals surface area contributed by atoms with Gasteiger partial charge in [-0.15, -0.1) is 0 Å². The molecule has 1 nitrogen and oxygen atoms in total. The van der Waals surface area contributed by atoms with E-state index in [-0.39, 0.29) is 5.41 Å². The lowest BCUT2D eigenvalue weighted by Gasteiger charge is -2.43. The van der Waals surface area contributed by atoms with Crippen molar-refractivity contribution in [2.45, 2.75) is 76.1 Å². The van der Waals surface area contributed by atoms with Crippen LogP contribution in [0.3, 0.4) is 0 Å². The van der Waals surface area contributed by atoms with Gasteiger partial charge in [0, 0.05) is 9.84 Å². The number of hydrogen-bond acceptors (Lipinski definition) is 1. The first-order valence-corrected chi connectivity index (χ1v) is 7.99. The van der Waals surface area contributed by atoms with Crippen LogP contribution in [0.2, 0.25) is 0 Å². The molecule has 1 rings (SSSR count). The van der Waals surface area contributed by atoms with E-state index in [1.54, 1.807) is 6.92 Å². The molecular weight excluding hydrogens is 323 g/mol. The van der Waals surface area contributed by atoms with Gasteiger partial charge in [-0.25, -0.2) is 0 Å². The first kappa shape index (κ1) is 15.5. The Balaban J connectivity index is 2.79. The minimum Gasteiger partial charge on any atom is -0.300 e. The van der Waals surface area contributed by atoms with Crippen LogP contribution >= 0.6 is 22.6 Å². The highest BCUT2D eigenvalue weighted by Crippen LogP contribution is 2.47. The summed E-state index contributed by atoms with van der Waals surface area (Å²) in [5.41, 5.74) is 0.219. The Morgan fingerprint density at radius 1 is 1.18 bits per heavy atom. The first-order chi connectivity index (χ1) is 7.73. The zero-order chi connectivity index (χ0) is 13.1. The van der Waals surface area contributed by atoms with E-state index >= 15 is 0 Å². The zero-order valence-electron chi connectivity index (χ0n) is 11.8. The van der Waals surface area contributed by atoms with Gasteiger partial charge in [-0.3, -0.25) is 0 Å². The molecule has 0 bridgehead atoms. The lowest BCUT2D eigenvalue weighted by Crippen LogP contribution is -2.36.